The van der Waals surface area contributed by atoms with Crippen LogP contribution in [0.25, 0.3) is 0 Å². The Morgan fingerprint density at radius 2 is 1.92 bits per heavy atom. The number of amides is 2. The van der Waals surface area contributed by atoms with Crippen molar-refractivity contribution in [3.63, 3.8) is 0 Å². The van der Waals surface area contributed by atoms with Gasteiger partial charge in [0.25, 0.3) is 0 Å². The molecule has 1 aromatic heterocycles. The number of aromatic nitrogens is 1. The molecular weight excluding hydrogens is 344 g/mol. The number of carbonyl (C=O) groups excluding carboxylic acids is 3. The molecule has 25 heavy (non-hydrogen) atoms. The summed E-state index contributed by atoms with van der Waals surface area (Å²) in [5, 5.41) is 5.83. The number of nitrogens with zero attached hydrogens (tertiary/aromatic N) is 1. The predicted molar refractivity (Wildman–Crippen MR) is 95.2 cm³/mol. The van der Waals surface area contributed by atoms with Gasteiger partial charge in [0.05, 0.1) is 30.9 Å². The summed E-state index contributed by atoms with van der Waals surface area (Å²) in [6.07, 6.45) is 0. The number of hydrogen-bond acceptors (Lipinski definition) is 7. The Kier molecular flexibility index (Phi) is 7.98. The molecular formula is C16H26N4O4S. The zero-order chi connectivity index (χ0) is 19.1. The highest BCUT2D eigenvalue weighted by molar-refractivity contribution is 7.13. The molecule has 1 aromatic rings. The fourth-order valence-electron chi connectivity index (χ4n) is 1.93. The average Bonchev–Trinajstić information content (AvgIpc) is 2.94. The van der Waals surface area contributed by atoms with E-state index in [4.69, 9.17) is 10.5 Å². The van der Waals surface area contributed by atoms with E-state index in [9.17, 15) is 14.4 Å². The first-order chi connectivity index (χ1) is 11.7. The first kappa shape index (κ1) is 21.0. The molecule has 0 aliphatic carbocycles. The number of rotatable bonds is 8. The third-order valence-electron chi connectivity index (χ3n) is 3.47. The van der Waals surface area contributed by atoms with Crippen molar-refractivity contribution in [3.8, 4) is 0 Å². The van der Waals surface area contributed by atoms with Crippen molar-refractivity contribution in [1.82, 2.24) is 15.6 Å². The number of esters is 1. The van der Waals surface area contributed by atoms with Crippen molar-refractivity contribution < 1.29 is 19.1 Å². The molecule has 0 spiro atoms. The minimum Gasteiger partial charge on any atom is -0.462 e. The first-order valence-electron chi connectivity index (χ1n) is 8.14. The molecule has 140 valence electrons. The normalized spacial score (nSPS) is 13.2. The van der Waals surface area contributed by atoms with E-state index in [0.29, 0.717) is 15.6 Å². The lowest BCUT2D eigenvalue weighted by Gasteiger charge is -2.16. The second-order valence-corrected chi connectivity index (χ2v) is 6.99. The molecule has 0 aliphatic rings. The van der Waals surface area contributed by atoms with Gasteiger partial charge in [-0.05, 0) is 26.7 Å². The maximum atomic E-state index is 12.0. The Morgan fingerprint density at radius 3 is 2.48 bits per heavy atom. The molecule has 4 N–H and O–H groups in total. The van der Waals surface area contributed by atoms with Crippen LogP contribution in [0.4, 0.5) is 0 Å². The van der Waals surface area contributed by atoms with Gasteiger partial charge in [-0.3, -0.25) is 9.59 Å². The summed E-state index contributed by atoms with van der Waals surface area (Å²) < 4.78 is 4.97. The summed E-state index contributed by atoms with van der Waals surface area (Å²) in [6, 6.07) is -1.05. The number of ether oxygens (including phenoxy) is 1. The van der Waals surface area contributed by atoms with Gasteiger partial charge in [-0.1, -0.05) is 13.8 Å². The van der Waals surface area contributed by atoms with Gasteiger partial charge >= 0.3 is 5.97 Å². The zero-order valence-corrected chi connectivity index (χ0v) is 16.0. The van der Waals surface area contributed by atoms with Gasteiger partial charge in [-0.2, -0.15) is 0 Å². The van der Waals surface area contributed by atoms with Crippen LogP contribution in [0.3, 0.4) is 0 Å². The molecule has 0 bridgehead atoms. The van der Waals surface area contributed by atoms with Crippen molar-refractivity contribution >= 4 is 29.1 Å². The number of hydrogen-bond donors (Lipinski definition) is 3. The van der Waals surface area contributed by atoms with E-state index >= 15 is 0 Å². The molecule has 0 aliphatic heterocycles. The molecule has 9 heteroatoms. The van der Waals surface area contributed by atoms with Gasteiger partial charge in [0.2, 0.25) is 11.8 Å². The van der Waals surface area contributed by atoms with Crippen molar-refractivity contribution in [2.24, 2.45) is 11.7 Å². The number of carbonyl (C=O) groups is 3. The van der Waals surface area contributed by atoms with Gasteiger partial charge in [-0.25, -0.2) is 9.78 Å². The van der Waals surface area contributed by atoms with Crippen LogP contribution in [0, 0.1) is 12.8 Å². The number of nitrogens with one attached hydrogen (secondary N) is 2. The van der Waals surface area contributed by atoms with Gasteiger partial charge in [0, 0.05) is 0 Å². The van der Waals surface area contributed by atoms with E-state index in [1.807, 2.05) is 13.8 Å². The fourth-order valence-corrected chi connectivity index (χ4v) is 2.89. The Bertz CT molecular complexity index is 630. The maximum absolute atomic E-state index is 12.0. The van der Waals surface area contributed by atoms with Crippen LogP contribution in [0.1, 0.15) is 54.1 Å². The molecule has 0 aromatic carbocycles. The highest BCUT2D eigenvalue weighted by Gasteiger charge is 2.21. The minimum atomic E-state index is -0.654. The Morgan fingerprint density at radius 1 is 1.28 bits per heavy atom. The standard InChI is InChI=1S/C16H26N4O4S/c1-6-24-16(23)13-9(4)20-15(25-13)10(5)19-11(21)7-18-14(22)12(17)8(2)3/h8,10,12H,6-7,17H2,1-5H3,(H,18,22)(H,19,21)/t10?,12-/m0/s1. The summed E-state index contributed by atoms with van der Waals surface area (Å²) in [6.45, 7) is 8.99. The number of nitrogens with two attached hydrogens (primary N) is 1. The summed E-state index contributed by atoms with van der Waals surface area (Å²) in [4.78, 5) is 40.3. The second kappa shape index (κ2) is 9.47. The van der Waals surface area contributed by atoms with Crippen LogP contribution in [0.2, 0.25) is 0 Å². The van der Waals surface area contributed by atoms with Crippen LogP contribution in [0.5, 0.6) is 0 Å². The van der Waals surface area contributed by atoms with E-state index in [0.717, 1.165) is 0 Å². The van der Waals surface area contributed by atoms with Gasteiger partial charge < -0.3 is 21.1 Å². The molecule has 1 unspecified atom stereocenters. The van der Waals surface area contributed by atoms with Crippen molar-refractivity contribution in [3.05, 3.63) is 15.6 Å². The van der Waals surface area contributed by atoms with Crippen LogP contribution < -0.4 is 16.4 Å². The third-order valence-corrected chi connectivity index (χ3v) is 4.79. The van der Waals surface area contributed by atoms with Crippen molar-refractivity contribution in [2.75, 3.05) is 13.2 Å². The molecule has 1 rings (SSSR count). The number of thiazole rings is 1. The molecule has 0 saturated carbocycles. The second-order valence-electron chi connectivity index (χ2n) is 5.96. The highest BCUT2D eigenvalue weighted by atomic mass is 32.1. The summed E-state index contributed by atoms with van der Waals surface area (Å²) >= 11 is 1.18. The van der Waals surface area contributed by atoms with E-state index in [2.05, 4.69) is 15.6 Å². The quantitative estimate of drug-likeness (QED) is 0.584. The predicted octanol–water partition coefficient (Wildman–Crippen LogP) is 0.905. The average molecular weight is 370 g/mol. The highest BCUT2D eigenvalue weighted by Crippen LogP contribution is 2.24. The lowest BCUT2D eigenvalue weighted by atomic mass is 10.1. The van der Waals surface area contributed by atoms with E-state index in [1.54, 1.807) is 20.8 Å². The topological polar surface area (TPSA) is 123 Å². The fraction of sp³-hybridized carbons (Fsp3) is 0.625. The Balaban J connectivity index is 2.60. The SMILES string of the molecule is CCOC(=O)c1sc(C(C)NC(=O)CNC(=O)[C@@H](N)C(C)C)nc1C. The largest absolute Gasteiger partial charge is 0.462 e. The Hall–Kier alpha value is -2.00. The Labute approximate surface area is 151 Å². The molecule has 0 fully saturated rings. The third kappa shape index (κ3) is 6.09. The van der Waals surface area contributed by atoms with Crippen molar-refractivity contribution in [2.45, 2.75) is 46.7 Å². The zero-order valence-electron chi connectivity index (χ0n) is 15.2. The summed E-state index contributed by atoms with van der Waals surface area (Å²) in [7, 11) is 0. The lowest BCUT2D eigenvalue weighted by molar-refractivity contribution is -0.127. The van der Waals surface area contributed by atoms with Gasteiger partial charge in [-0.15, -0.1) is 11.3 Å². The molecule has 2 amide bonds. The molecule has 8 nitrogen and oxygen atoms in total. The summed E-state index contributed by atoms with van der Waals surface area (Å²) in [5.74, 6) is -1.16. The summed E-state index contributed by atoms with van der Waals surface area (Å²) in [5.41, 5.74) is 6.28. The maximum Gasteiger partial charge on any atom is 0.350 e. The lowest BCUT2D eigenvalue weighted by Crippen LogP contribution is -2.47. The molecule has 0 radical (unpaired) electrons. The van der Waals surface area contributed by atoms with E-state index in [1.165, 1.54) is 11.3 Å². The molecule has 1 heterocycles. The van der Waals surface area contributed by atoms with Crippen LogP contribution in [-0.2, 0) is 14.3 Å². The minimum absolute atomic E-state index is 0.0124. The number of aryl methyl sites for hydroxylation is 1. The van der Waals surface area contributed by atoms with Crippen molar-refractivity contribution in [1.29, 1.82) is 0 Å². The first-order valence-corrected chi connectivity index (χ1v) is 8.96. The smallest absolute Gasteiger partial charge is 0.350 e. The van der Waals surface area contributed by atoms with Crippen LogP contribution >= 0.6 is 11.3 Å². The van der Waals surface area contributed by atoms with E-state index < -0.39 is 18.1 Å². The monoisotopic (exact) mass is 370 g/mol. The van der Waals surface area contributed by atoms with Crippen LogP contribution in [0.15, 0.2) is 0 Å². The van der Waals surface area contributed by atoms with Crippen LogP contribution in [-0.4, -0.2) is 42.0 Å². The molecule has 2 atom stereocenters. The molecule has 0 saturated heterocycles. The van der Waals surface area contributed by atoms with Gasteiger partial charge in [0.15, 0.2) is 0 Å². The van der Waals surface area contributed by atoms with E-state index in [-0.39, 0.29) is 30.9 Å². The van der Waals surface area contributed by atoms with Gasteiger partial charge in [0.1, 0.15) is 9.88 Å².